The number of hydrogen-bond donors (Lipinski definition) is 2. The molecular weight excluding hydrogens is 344 g/mol. The number of aromatic amines is 1. The van der Waals surface area contributed by atoms with Crippen molar-refractivity contribution in [3.05, 3.63) is 35.2 Å². The summed E-state index contributed by atoms with van der Waals surface area (Å²) < 4.78 is 10.3. The molecular formula is C16H16N4O4S. The van der Waals surface area contributed by atoms with Gasteiger partial charge in [-0.1, -0.05) is 11.8 Å². The minimum Gasteiger partial charge on any atom is -0.495 e. The number of imidazole rings is 1. The summed E-state index contributed by atoms with van der Waals surface area (Å²) in [6, 6.07) is 3.61. The molecule has 3 heterocycles. The van der Waals surface area contributed by atoms with Crippen molar-refractivity contribution < 1.29 is 19.4 Å². The van der Waals surface area contributed by atoms with E-state index in [0.29, 0.717) is 33.7 Å². The van der Waals surface area contributed by atoms with E-state index in [4.69, 9.17) is 9.47 Å². The molecule has 0 saturated heterocycles. The topological polar surface area (TPSA) is 110 Å². The summed E-state index contributed by atoms with van der Waals surface area (Å²) in [4.78, 5) is 27.3. The van der Waals surface area contributed by atoms with E-state index < -0.39 is 5.97 Å². The number of nitrogens with one attached hydrogen (secondary N) is 1. The minimum absolute atomic E-state index is 0.0498. The van der Waals surface area contributed by atoms with E-state index in [-0.39, 0.29) is 5.56 Å². The molecule has 25 heavy (non-hydrogen) atoms. The van der Waals surface area contributed by atoms with E-state index in [9.17, 15) is 9.90 Å². The molecule has 0 unspecified atom stereocenters. The Bertz CT molecular complexity index is 941. The summed E-state index contributed by atoms with van der Waals surface area (Å²) in [5, 5.41) is 9.88. The molecule has 0 bridgehead atoms. The molecule has 0 aliphatic carbocycles. The first-order valence-electron chi connectivity index (χ1n) is 7.32. The second kappa shape index (κ2) is 6.98. The van der Waals surface area contributed by atoms with Crippen molar-refractivity contribution in [2.75, 3.05) is 14.2 Å². The zero-order chi connectivity index (χ0) is 18.0. The molecule has 8 nitrogen and oxygen atoms in total. The molecule has 0 aliphatic rings. The third-order valence-corrected chi connectivity index (χ3v) is 4.54. The Morgan fingerprint density at radius 3 is 2.76 bits per heavy atom. The van der Waals surface area contributed by atoms with Crippen molar-refractivity contribution in [3.8, 4) is 11.6 Å². The fourth-order valence-electron chi connectivity index (χ4n) is 2.36. The number of fused-ring (bicyclic) bond motifs is 1. The number of pyridine rings is 2. The lowest BCUT2D eigenvalue weighted by Gasteiger charge is -2.11. The van der Waals surface area contributed by atoms with Gasteiger partial charge in [-0.05, 0) is 13.0 Å². The number of carbonyl (C=O) groups is 1. The molecule has 0 aliphatic heterocycles. The molecule has 0 amide bonds. The number of H-pyrrole nitrogens is 1. The molecule has 3 rings (SSSR count). The summed E-state index contributed by atoms with van der Waals surface area (Å²) in [5.74, 6) is 0.277. The zero-order valence-electron chi connectivity index (χ0n) is 13.9. The molecule has 3 aromatic rings. The van der Waals surface area contributed by atoms with Crippen LogP contribution in [0.4, 0.5) is 0 Å². The largest absolute Gasteiger partial charge is 0.495 e. The van der Waals surface area contributed by atoms with Crippen LogP contribution in [0.1, 0.15) is 21.6 Å². The van der Waals surface area contributed by atoms with Crippen molar-refractivity contribution in [1.82, 2.24) is 19.9 Å². The Labute approximate surface area is 147 Å². The third kappa shape index (κ3) is 3.36. The zero-order valence-corrected chi connectivity index (χ0v) is 14.7. The number of rotatable bonds is 6. The van der Waals surface area contributed by atoms with Gasteiger partial charge < -0.3 is 19.6 Å². The number of thioether (sulfide) groups is 1. The number of carboxylic acid groups (broad SMARTS) is 1. The molecule has 9 heteroatoms. The standard InChI is InChI=1S/C16H16N4O4S/c1-8-11(17-6-9(15(21)22)13(8)24-3)7-25-16-18-10-4-5-12(23-2)19-14(10)20-16/h4-6H,7H2,1-3H3,(H,21,22)(H,18,19,20). The lowest BCUT2D eigenvalue weighted by Crippen LogP contribution is -2.06. The highest BCUT2D eigenvalue weighted by Crippen LogP contribution is 2.29. The summed E-state index contributed by atoms with van der Waals surface area (Å²) in [5.41, 5.74) is 2.87. The van der Waals surface area contributed by atoms with Gasteiger partial charge in [-0.3, -0.25) is 4.98 Å². The highest BCUT2D eigenvalue weighted by molar-refractivity contribution is 7.98. The van der Waals surface area contributed by atoms with Crippen LogP contribution in [0.15, 0.2) is 23.5 Å². The van der Waals surface area contributed by atoms with Crippen LogP contribution in [0, 0.1) is 6.92 Å². The summed E-state index contributed by atoms with van der Waals surface area (Å²) in [6.45, 7) is 1.79. The van der Waals surface area contributed by atoms with Gasteiger partial charge in [0, 0.05) is 23.6 Å². The van der Waals surface area contributed by atoms with Crippen LogP contribution < -0.4 is 9.47 Å². The first kappa shape index (κ1) is 17.0. The average molecular weight is 360 g/mol. The van der Waals surface area contributed by atoms with Gasteiger partial charge in [-0.2, -0.15) is 4.98 Å². The molecule has 0 saturated carbocycles. The molecule has 130 valence electrons. The highest BCUT2D eigenvalue weighted by atomic mass is 32.2. The second-order valence-corrected chi connectivity index (χ2v) is 6.10. The second-order valence-electron chi connectivity index (χ2n) is 5.14. The van der Waals surface area contributed by atoms with Crippen LogP contribution in [0.3, 0.4) is 0 Å². The van der Waals surface area contributed by atoms with E-state index in [1.807, 2.05) is 6.07 Å². The maximum Gasteiger partial charge on any atom is 0.341 e. The predicted octanol–water partition coefficient (Wildman–Crippen LogP) is 2.67. The quantitative estimate of drug-likeness (QED) is 0.646. The summed E-state index contributed by atoms with van der Waals surface area (Å²) in [6.07, 6.45) is 1.31. The van der Waals surface area contributed by atoms with E-state index in [2.05, 4.69) is 19.9 Å². The number of carboxylic acids is 1. The van der Waals surface area contributed by atoms with E-state index in [0.717, 1.165) is 11.2 Å². The SMILES string of the molecule is COc1ccc2[nH]c(SCc3ncc(C(=O)O)c(OC)c3C)nc2n1. The molecule has 0 radical (unpaired) electrons. The Morgan fingerprint density at radius 2 is 2.08 bits per heavy atom. The maximum absolute atomic E-state index is 11.2. The molecule has 3 aromatic heterocycles. The van der Waals surface area contributed by atoms with Crippen molar-refractivity contribution >= 4 is 28.9 Å². The van der Waals surface area contributed by atoms with Crippen molar-refractivity contribution in [2.45, 2.75) is 17.8 Å². The van der Waals surface area contributed by atoms with Gasteiger partial charge in [0.15, 0.2) is 10.8 Å². The number of aromatic nitrogens is 4. The van der Waals surface area contributed by atoms with Crippen LogP contribution in [-0.4, -0.2) is 45.2 Å². The Kier molecular flexibility index (Phi) is 4.75. The van der Waals surface area contributed by atoms with Crippen molar-refractivity contribution in [2.24, 2.45) is 0 Å². The first-order chi connectivity index (χ1) is 12.0. The number of nitrogens with zero attached hydrogens (tertiary/aromatic N) is 3. The Morgan fingerprint density at radius 1 is 1.28 bits per heavy atom. The van der Waals surface area contributed by atoms with Crippen LogP contribution in [0.2, 0.25) is 0 Å². The summed E-state index contributed by atoms with van der Waals surface area (Å²) >= 11 is 1.45. The number of aromatic carboxylic acids is 1. The van der Waals surface area contributed by atoms with E-state index in [1.165, 1.54) is 25.1 Å². The average Bonchev–Trinajstić information content (AvgIpc) is 3.01. The molecule has 2 N–H and O–H groups in total. The first-order valence-corrected chi connectivity index (χ1v) is 8.31. The van der Waals surface area contributed by atoms with Crippen LogP contribution in [0.25, 0.3) is 11.2 Å². The number of methoxy groups -OCH3 is 2. The molecule has 0 spiro atoms. The number of ether oxygens (including phenoxy) is 2. The maximum atomic E-state index is 11.2. The fourth-order valence-corrected chi connectivity index (χ4v) is 3.26. The Balaban J connectivity index is 1.83. The van der Waals surface area contributed by atoms with Gasteiger partial charge in [0.1, 0.15) is 11.3 Å². The van der Waals surface area contributed by atoms with Crippen LogP contribution in [0.5, 0.6) is 11.6 Å². The van der Waals surface area contributed by atoms with Crippen molar-refractivity contribution in [1.29, 1.82) is 0 Å². The van der Waals surface area contributed by atoms with Crippen molar-refractivity contribution in [3.63, 3.8) is 0 Å². The summed E-state index contributed by atoms with van der Waals surface area (Å²) in [7, 11) is 3.00. The van der Waals surface area contributed by atoms with Crippen LogP contribution in [-0.2, 0) is 5.75 Å². The predicted molar refractivity (Wildman–Crippen MR) is 92.5 cm³/mol. The molecule has 0 aromatic carbocycles. The van der Waals surface area contributed by atoms with E-state index in [1.54, 1.807) is 20.1 Å². The Hall–Kier alpha value is -2.81. The smallest absolute Gasteiger partial charge is 0.341 e. The monoisotopic (exact) mass is 360 g/mol. The van der Waals surface area contributed by atoms with Gasteiger partial charge in [0.25, 0.3) is 0 Å². The normalized spacial score (nSPS) is 10.8. The minimum atomic E-state index is -1.07. The fraction of sp³-hybridized carbons (Fsp3) is 0.250. The molecule has 0 fully saturated rings. The van der Waals surface area contributed by atoms with E-state index >= 15 is 0 Å². The van der Waals surface area contributed by atoms with Gasteiger partial charge in [0.05, 0.1) is 25.4 Å². The van der Waals surface area contributed by atoms with Gasteiger partial charge in [0.2, 0.25) is 5.88 Å². The lowest BCUT2D eigenvalue weighted by atomic mass is 10.1. The van der Waals surface area contributed by atoms with Gasteiger partial charge >= 0.3 is 5.97 Å². The van der Waals surface area contributed by atoms with Gasteiger partial charge in [-0.15, -0.1) is 0 Å². The lowest BCUT2D eigenvalue weighted by molar-refractivity contribution is 0.0692. The third-order valence-electron chi connectivity index (χ3n) is 3.66. The molecule has 0 atom stereocenters. The van der Waals surface area contributed by atoms with Crippen LogP contribution >= 0.6 is 11.8 Å². The van der Waals surface area contributed by atoms with Gasteiger partial charge in [-0.25, -0.2) is 9.78 Å². The number of hydrogen-bond acceptors (Lipinski definition) is 7. The highest BCUT2D eigenvalue weighted by Gasteiger charge is 2.17.